The molecule has 0 aromatic heterocycles. The van der Waals surface area contributed by atoms with Crippen LogP contribution in [0.15, 0.2) is 0 Å². The maximum atomic E-state index is 3.53. The van der Waals surface area contributed by atoms with Gasteiger partial charge < -0.3 is 10.2 Å². The number of hydrogen-bond donors (Lipinski definition) is 1. The molecule has 1 N–H and O–H groups in total. The number of rotatable bonds is 2. The van der Waals surface area contributed by atoms with Crippen LogP contribution in [0.4, 0.5) is 0 Å². The Bertz CT molecular complexity index is 218. The molecular weight excluding hydrogens is 208 g/mol. The van der Waals surface area contributed by atoms with Crippen LogP contribution < -0.4 is 5.32 Å². The summed E-state index contributed by atoms with van der Waals surface area (Å²) in [7, 11) is 0. The molecule has 0 bridgehead atoms. The Hall–Kier alpha value is -0.0800. The van der Waals surface area contributed by atoms with Gasteiger partial charge in [-0.15, -0.1) is 0 Å². The number of nitrogens with one attached hydrogen (secondary N) is 1. The first-order valence-corrected chi connectivity index (χ1v) is 7.49. The molecule has 2 aliphatic heterocycles. The van der Waals surface area contributed by atoms with Gasteiger partial charge in [0.25, 0.3) is 0 Å². The summed E-state index contributed by atoms with van der Waals surface area (Å²) < 4.78 is 0. The van der Waals surface area contributed by atoms with Crippen molar-refractivity contribution in [3.05, 3.63) is 0 Å². The third-order valence-corrected chi connectivity index (χ3v) is 4.73. The van der Waals surface area contributed by atoms with Crippen LogP contribution in [0.5, 0.6) is 0 Å². The van der Waals surface area contributed by atoms with Crippen molar-refractivity contribution >= 4 is 0 Å². The molecule has 0 amide bonds. The smallest absolute Gasteiger partial charge is 0.00218 e. The molecule has 0 unspecified atom stereocenters. The monoisotopic (exact) mass is 238 g/mol. The van der Waals surface area contributed by atoms with Gasteiger partial charge in [0.05, 0.1) is 0 Å². The second-order valence-corrected chi connectivity index (χ2v) is 7.15. The molecule has 100 valence electrons. The summed E-state index contributed by atoms with van der Waals surface area (Å²) in [6, 6.07) is 0. The highest BCUT2D eigenvalue weighted by molar-refractivity contribution is 4.82. The number of hydrogen-bond acceptors (Lipinski definition) is 2. The van der Waals surface area contributed by atoms with E-state index in [1.165, 1.54) is 58.4 Å². The summed E-state index contributed by atoms with van der Waals surface area (Å²) in [4.78, 5) is 2.71. The van der Waals surface area contributed by atoms with Gasteiger partial charge in [-0.3, -0.25) is 0 Å². The van der Waals surface area contributed by atoms with Crippen molar-refractivity contribution in [2.75, 3.05) is 32.7 Å². The molecule has 2 fully saturated rings. The van der Waals surface area contributed by atoms with Gasteiger partial charge in [0.15, 0.2) is 0 Å². The minimum absolute atomic E-state index is 0.512. The van der Waals surface area contributed by atoms with E-state index in [9.17, 15) is 0 Å². The minimum atomic E-state index is 0.512. The maximum Gasteiger partial charge on any atom is 0.00218 e. The lowest BCUT2D eigenvalue weighted by atomic mass is 9.75. The van der Waals surface area contributed by atoms with Crippen molar-refractivity contribution in [1.29, 1.82) is 0 Å². The standard InChI is InChI=1S/C15H30N2/c1-15(2,3)14-6-9-17(10-7-14)12-13-5-4-8-16-11-13/h13-14,16H,4-12H2,1-3H3/t13-/m1/s1. The summed E-state index contributed by atoms with van der Waals surface area (Å²) in [5, 5.41) is 3.53. The number of nitrogens with zero attached hydrogens (tertiary/aromatic N) is 1. The summed E-state index contributed by atoms with van der Waals surface area (Å²) in [5.41, 5.74) is 0.512. The lowest BCUT2D eigenvalue weighted by molar-refractivity contribution is 0.0969. The molecule has 0 aliphatic carbocycles. The van der Waals surface area contributed by atoms with E-state index < -0.39 is 0 Å². The molecule has 2 aliphatic rings. The zero-order valence-electron chi connectivity index (χ0n) is 12.0. The van der Waals surface area contributed by atoms with Gasteiger partial charge in [-0.1, -0.05) is 20.8 Å². The maximum absolute atomic E-state index is 3.53. The highest BCUT2D eigenvalue weighted by Gasteiger charge is 2.29. The van der Waals surface area contributed by atoms with Crippen molar-refractivity contribution in [3.63, 3.8) is 0 Å². The third kappa shape index (κ3) is 3.96. The van der Waals surface area contributed by atoms with Gasteiger partial charge in [-0.25, -0.2) is 0 Å². The summed E-state index contributed by atoms with van der Waals surface area (Å²) in [5.74, 6) is 1.85. The van der Waals surface area contributed by atoms with Crippen molar-refractivity contribution in [2.24, 2.45) is 17.3 Å². The quantitative estimate of drug-likeness (QED) is 0.796. The molecular formula is C15H30N2. The molecule has 2 saturated heterocycles. The predicted octanol–water partition coefficient (Wildman–Crippen LogP) is 2.74. The molecule has 0 spiro atoms. The van der Waals surface area contributed by atoms with E-state index in [-0.39, 0.29) is 0 Å². The van der Waals surface area contributed by atoms with Crippen LogP contribution in [-0.4, -0.2) is 37.6 Å². The Morgan fingerprint density at radius 2 is 1.82 bits per heavy atom. The Labute approximate surface area is 107 Å². The first-order chi connectivity index (χ1) is 8.05. The van der Waals surface area contributed by atoms with Crippen LogP contribution >= 0.6 is 0 Å². The Balaban J connectivity index is 1.71. The van der Waals surface area contributed by atoms with Gasteiger partial charge in [-0.05, 0) is 69.1 Å². The molecule has 17 heavy (non-hydrogen) atoms. The Morgan fingerprint density at radius 3 is 2.35 bits per heavy atom. The van der Waals surface area contributed by atoms with Crippen molar-refractivity contribution in [3.8, 4) is 0 Å². The fourth-order valence-corrected chi connectivity index (χ4v) is 3.43. The lowest BCUT2D eigenvalue weighted by Gasteiger charge is -2.40. The summed E-state index contributed by atoms with van der Waals surface area (Å²) in [6.07, 6.45) is 5.63. The third-order valence-electron chi connectivity index (χ3n) is 4.73. The van der Waals surface area contributed by atoms with Gasteiger partial charge >= 0.3 is 0 Å². The largest absolute Gasteiger partial charge is 0.316 e. The molecule has 0 radical (unpaired) electrons. The molecule has 0 saturated carbocycles. The zero-order chi connectivity index (χ0) is 12.3. The van der Waals surface area contributed by atoms with E-state index in [4.69, 9.17) is 0 Å². The SMILES string of the molecule is CC(C)(C)C1CCN(C[C@@H]2CCCNC2)CC1. The highest BCUT2D eigenvalue weighted by atomic mass is 15.1. The summed E-state index contributed by atoms with van der Waals surface area (Å²) in [6.45, 7) is 13.7. The van der Waals surface area contributed by atoms with E-state index in [1.807, 2.05) is 0 Å². The van der Waals surface area contributed by atoms with E-state index in [2.05, 4.69) is 31.0 Å². The van der Waals surface area contributed by atoms with E-state index in [0.29, 0.717) is 5.41 Å². The predicted molar refractivity (Wildman–Crippen MR) is 74.2 cm³/mol. The van der Waals surface area contributed by atoms with Crippen LogP contribution in [0.25, 0.3) is 0 Å². The second kappa shape index (κ2) is 5.71. The van der Waals surface area contributed by atoms with E-state index in [0.717, 1.165) is 11.8 Å². The lowest BCUT2D eigenvalue weighted by Crippen LogP contribution is -2.43. The van der Waals surface area contributed by atoms with Crippen LogP contribution in [-0.2, 0) is 0 Å². The molecule has 1 atom stereocenters. The Kier molecular flexibility index (Phi) is 4.48. The Morgan fingerprint density at radius 1 is 1.12 bits per heavy atom. The molecule has 2 nitrogen and oxygen atoms in total. The molecule has 2 heterocycles. The topological polar surface area (TPSA) is 15.3 Å². The number of likely N-dealkylation sites (tertiary alicyclic amines) is 1. The highest BCUT2D eigenvalue weighted by Crippen LogP contribution is 2.34. The van der Waals surface area contributed by atoms with E-state index >= 15 is 0 Å². The molecule has 0 aromatic carbocycles. The van der Waals surface area contributed by atoms with Crippen molar-refractivity contribution < 1.29 is 0 Å². The first-order valence-electron chi connectivity index (χ1n) is 7.49. The average molecular weight is 238 g/mol. The minimum Gasteiger partial charge on any atom is -0.316 e. The van der Waals surface area contributed by atoms with Gasteiger partial charge in [0, 0.05) is 6.54 Å². The normalized spacial score (nSPS) is 29.5. The summed E-state index contributed by atoms with van der Waals surface area (Å²) >= 11 is 0. The first kappa shape index (κ1) is 13.4. The van der Waals surface area contributed by atoms with Crippen LogP contribution in [0.3, 0.4) is 0 Å². The van der Waals surface area contributed by atoms with Gasteiger partial charge in [0.1, 0.15) is 0 Å². The fourth-order valence-electron chi connectivity index (χ4n) is 3.43. The van der Waals surface area contributed by atoms with Crippen molar-refractivity contribution in [1.82, 2.24) is 10.2 Å². The van der Waals surface area contributed by atoms with Gasteiger partial charge in [-0.2, -0.15) is 0 Å². The van der Waals surface area contributed by atoms with Crippen LogP contribution in [0.2, 0.25) is 0 Å². The van der Waals surface area contributed by atoms with Crippen LogP contribution in [0, 0.1) is 17.3 Å². The fraction of sp³-hybridized carbons (Fsp3) is 1.00. The number of piperidine rings is 2. The zero-order valence-corrected chi connectivity index (χ0v) is 12.0. The molecule has 0 aromatic rings. The average Bonchev–Trinajstić information content (AvgIpc) is 2.30. The molecule has 2 rings (SSSR count). The van der Waals surface area contributed by atoms with Crippen LogP contribution in [0.1, 0.15) is 46.5 Å². The van der Waals surface area contributed by atoms with Crippen molar-refractivity contribution in [2.45, 2.75) is 46.5 Å². The molecule has 2 heteroatoms. The van der Waals surface area contributed by atoms with E-state index in [1.54, 1.807) is 0 Å². The second-order valence-electron chi connectivity index (χ2n) is 7.15. The van der Waals surface area contributed by atoms with Gasteiger partial charge in [0.2, 0.25) is 0 Å².